The first-order valence-corrected chi connectivity index (χ1v) is 9.58. The summed E-state index contributed by atoms with van der Waals surface area (Å²) in [5, 5.41) is 19.5. The first-order chi connectivity index (χ1) is 12.7. The topological polar surface area (TPSA) is 125 Å². The number of thioether (sulfide) groups is 1. The van der Waals surface area contributed by atoms with Crippen LogP contribution in [0.4, 0.5) is 0 Å². The van der Waals surface area contributed by atoms with Gasteiger partial charge in [0.1, 0.15) is 5.70 Å². The van der Waals surface area contributed by atoms with Crippen LogP contribution in [0.15, 0.2) is 40.7 Å². The molecule has 4 atom stereocenters. The lowest BCUT2D eigenvalue weighted by Gasteiger charge is -2.46. The van der Waals surface area contributed by atoms with E-state index in [2.05, 4.69) is 0 Å². The maximum atomic E-state index is 12.3. The van der Waals surface area contributed by atoms with E-state index in [1.165, 1.54) is 16.7 Å². The fraction of sp³-hybridized carbons (Fsp3) is 0.444. The highest BCUT2D eigenvalue weighted by Crippen LogP contribution is 2.48. The summed E-state index contributed by atoms with van der Waals surface area (Å²) in [6.07, 6.45) is 2.69. The first kappa shape index (κ1) is 19.4. The standard InChI is InChI=1S/C18H21N3O5S/c1-9-12(8-27-11-4-3-5-20(6-11)7-13(19)23)16(18(25)26)21-15(9)14(10(2)22)17(21)24/h3-6,9-10,14-15,22H,7-8H2,1-2H3,(H2-,19,23,25,26)/p+1/t9-,10+,14+,15+/m0/s1. The molecular formula is C18H22N3O5S+. The highest BCUT2D eigenvalue weighted by molar-refractivity contribution is 7.99. The Morgan fingerprint density at radius 1 is 1.44 bits per heavy atom. The lowest BCUT2D eigenvalue weighted by atomic mass is 9.78. The smallest absolute Gasteiger partial charge is 0.352 e. The number of nitrogens with two attached hydrogens (primary N) is 1. The molecule has 0 aliphatic carbocycles. The number of aliphatic hydroxyl groups is 1. The molecule has 2 amide bonds. The van der Waals surface area contributed by atoms with E-state index in [0.717, 1.165) is 4.90 Å². The Labute approximate surface area is 160 Å². The van der Waals surface area contributed by atoms with E-state index in [1.807, 2.05) is 13.0 Å². The summed E-state index contributed by atoms with van der Waals surface area (Å²) < 4.78 is 1.66. The Morgan fingerprint density at radius 3 is 2.74 bits per heavy atom. The molecule has 4 N–H and O–H groups in total. The van der Waals surface area contributed by atoms with E-state index in [0.29, 0.717) is 11.3 Å². The number of hydrogen-bond donors (Lipinski definition) is 3. The van der Waals surface area contributed by atoms with Gasteiger partial charge < -0.3 is 20.8 Å². The van der Waals surface area contributed by atoms with Crippen molar-refractivity contribution in [3.05, 3.63) is 35.8 Å². The summed E-state index contributed by atoms with van der Waals surface area (Å²) in [5.41, 5.74) is 5.92. The van der Waals surface area contributed by atoms with Crippen molar-refractivity contribution in [3.8, 4) is 0 Å². The van der Waals surface area contributed by atoms with Crippen LogP contribution in [0.5, 0.6) is 0 Å². The number of primary amides is 1. The van der Waals surface area contributed by atoms with Gasteiger partial charge in [-0.25, -0.2) is 4.79 Å². The maximum Gasteiger partial charge on any atom is 0.352 e. The SMILES string of the molecule is C[C@@H](O)[C@H]1C(=O)N2C(C(=O)O)=C(CSc3ccc[n+](CC(N)=O)c3)[C@H](C)[C@H]12. The second kappa shape index (κ2) is 7.32. The molecule has 0 saturated carbocycles. The molecule has 3 rings (SSSR count). The van der Waals surface area contributed by atoms with Gasteiger partial charge in [0.2, 0.25) is 12.5 Å². The van der Waals surface area contributed by atoms with Gasteiger partial charge in [-0.3, -0.25) is 9.59 Å². The normalized spacial score (nSPS) is 25.2. The highest BCUT2D eigenvalue weighted by atomic mass is 32.2. The van der Waals surface area contributed by atoms with Crippen LogP contribution in [-0.2, 0) is 20.9 Å². The molecule has 2 aliphatic rings. The fourth-order valence-electron chi connectivity index (χ4n) is 3.86. The number of nitrogens with zero attached hydrogens (tertiary/aromatic N) is 2. The summed E-state index contributed by atoms with van der Waals surface area (Å²) in [5.74, 6) is -2.23. The number of aromatic nitrogens is 1. The molecule has 0 radical (unpaired) electrons. The molecular weight excluding hydrogens is 370 g/mol. The van der Waals surface area contributed by atoms with Gasteiger partial charge in [0, 0.05) is 17.7 Å². The lowest BCUT2D eigenvalue weighted by Crippen LogP contribution is -2.63. The summed E-state index contributed by atoms with van der Waals surface area (Å²) in [6.45, 7) is 3.51. The van der Waals surface area contributed by atoms with Crippen molar-refractivity contribution in [3.63, 3.8) is 0 Å². The zero-order valence-electron chi connectivity index (χ0n) is 15.0. The zero-order chi connectivity index (χ0) is 19.9. The number of carboxylic acids is 1. The third kappa shape index (κ3) is 3.44. The van der Waals surface area contributed by atoms with Crippen LogP contribution in [-0.4, -0.2) is 50.8 Å². The molecule has 0 bridgehead atoms. The Bertz CT molecular complexity index is 838. The van der Waals surface area contributed by atoms with Crippen LogP contribution in [0.3, 0.4) is 0 Å². The molecule has 9 heteroatoms. The average Bonchev–Trinajstić information content (AvgIpc) is 2.81. The number of hydrogen-bond acceptors (Lipinski definition) is 5. The van der Waals surface area contributed by atoms with Crippen LogP contribution in [0.25, 0.3) is 0 Å². The number of carbonyl (C=O) groups is 3. The number of pyridine rings is 1. The van der Waals surface area contributed by atoms with Crippen LogP contribution < -0.4 is 10.3 Å². The van der Waals surface area contributed by atoms with Gasteiger partial charge >= 0.3 is 5.97 Å². The minimum atomic E-state index is -1.13. The number of carboxylic acid groups (broad SMARTS) is 1. The summed E-state index contributed by atoms with van der Waals surface area (Å²) in [4.78, 5) is 37.3. The number of rotatable bonds is 7. The minimum Gasteiger partial charge on any atom is -0.477 e. The summed E-state index contributed by atoms with van der Waals surface area (Å²) in [6, 6.07) is 3.34. The molecule has 0 aromatic carbocycles. The number of aliphatic hydroxyl groups excluding tert-OH is 1. The van der Waals surface area contributed by atoms with Crippen molar-refractivity contribution in [1.29, 1.82) is 0 Å². The second-order valence-corrected chi connectivity index (χ2v) is 7.95. The predicted octanol–water partition coefficient (Wildman–Crippen LogP) is -0.252. The van der Waals surface area contributed by atoms with E-state index in [9.17, 15) is 24.6 Å². The molecule has 1 saturated heterocycles. The molecule has 3 heterocycles. The molecule has 2 aliphatic heterocycles. The third-order valence-electron chi connectivity index (χ3n) is 5.08. The molecule has 0 unspecified atom stereocenters. The van der Waals surface area contributed by atoms with Gasteiger partial charge in [0.25, 0.3) is 5.91 Å². The van der Waals surface area contributed by atoms with E-state index in [4.69, 9.17) is 5.73 Å². The lowest BCUT2D eigenvalue weighted by molar-refractivity contribution is -0.686. The number of aliphatic carboxylic acids is 1. The maximum absolute atomic E-state index is 12.3. The highest BCUT2D eigenvalue weighted by Gasteiger charge is 2.59. The number of amides is 2. The van der Waals surface area contributed by atoms with E-state index >= 15 is 0 Å². The largest absolute Gasteiger partial charge is 0.477 e. The van der Waals surface area contributed by atoms with Crippen LogP contribution >= 0.6 is 11.8 Å². The van der Waals surface area contributed by atoms with Gasteiger partial charge in [0.05, 0.1) is 23.0 Å². The van der Waals surface area contributed by atoms with Crippen molar-refractivity contribution >= 4 is 29.5 Å². The fourth-order valence-corrected chi connectivity index (χ4v) is 4.96. The Kier molecular flexibility index (Phi) is 5.25. The predicted molar refractivity (Wildman–Crippen MR) is 96.2 cm³/mol. The van der Waals surface area contributed by atoms with Crippen molar-refractivity contribution in [2.45, 2.75) is 37.4 Å². The summed E-state index contributed by atoms with van der Waals surface area (Å²) >= 11 is 1.43. The number of β-lactam (4-membered cyclic amide) rings is 1. The molecule has 1 fully saturated rings. The average molecular weight is 392 g/mol. The van der Waals surface area contributed by atoms with Gasteiger partial charge in [0.15, 0.2) is 12.4 Å². The van der Waals surface area contributed by atoms with E-state index in [-0.39, 0.29) is 30.1 Å². The summed E-state index contributed by atoms with van der Waals surface area (Å²) in [7, 11) is 0. The van der Waals surface area contributed by atoms with Crippen LogP contribution in [0.2, 0.25) is 0 Å². The van der Waals surface area contributed by atoms with Crippen molar-refractivity contribution in [2.75, 3.05) is 5.75 Å². The number of carbonyl (C=O) groups excluding carboxylic acids is 2. The zero-order valence-corrected chi connectivity index (χ0v) is 15.8. The number of fused-ring (bicyclic) bond motifs is 1. The second-order valence-electron chi connectivity index (χ2n) is 6.90. The van der Waals surface area contributed by atoms with Crippen molar-refractivity contribution in [2.24, 2.45) is 17.6 Å². The molecule has 27 heavy (non-hydrogen) atoms. The Hall–Kier alpha value is -2.39. The Morgan fingerprint density at radius 2 is 2.15 bits per heavy atom. The molecule has 8 nitrogen and oxygen atoms in total. The van der Waals surface area contributed by atoms with Crippen molar-refractivity contribution < 1.29 is 29.2 Å². The van der Waals surface area contributed by atoms with Gasteiger partial charge in [-0.15, -0.1) is 11.8 Å². The van der Waals surface area contributed by atoms with Crippen LogP contribution in [0, 0.1) is 11.8 Å². The Balaban J connectivity index is 1.81. The van der Waals surface area contributed by atoms with Gasteiger partial charge in [-0.1, -0.05) is 6.92 Å². The molecule has 144 valence electrons. The molecule has 1 aromatic heterocycles. The first-order valence-electron chi connectivity index (χ1n) is 8.60. The van der Waals surface area contributed by atoms with E-state index in [1.54, 1.807) is 30.0 Å². The monoisotopic (exact) mass is 392 g/mol. The quantitative estimate of drug-likeness (QED) is 0.334. The van der Waals surface area contributed by atoms with E-state index < -0.39 is 23.9 Å². The minimum absolute atomic E-state index is 0.0304. The van der Waals surface area contributed by atoms with Gasteiger partial charge in [-0.2, -0.15) is 4.57 Å². The van der Waals surface area contributed by atoms with Crippen molar-refractivity contribution in [1.82, 2.24) is 4.90 Å². The van der Waals surface area contributed by atoms with Crippen LogP contribution in [0.1, 0.15) is 13.8 Å². The third-order valence-corrected chi connectivity index (χ3v) is 6.11. The molecule has 1 aromatic rings. The molecule has 0 spiro atoms. The van der Waals surface area contributed by atoms with Gasteiger partial charge in [-0.05, 0) is 18.6 Å².